The van der Waals surface area contributed by atoms with E-state index in [0.717, 1.165) is 5.56 Å². The van der Waals surface area contributed by atoms with Gasteiger partial charge in [-0.3, -0.25) is 19.8 Å². The molecule has 0 aliphatic rings. The van der Waals surface area contributed by atoms with Crippen LogP contribution in [0.3, 0.4) is 0 Å². The molecular weight excluding hydrogens is 260 g/mol. The molecule has 0 aliphatic carbocycles. The Hall–Kier alpha value is -2.21. The molecule has 1 aromatic rings. The molecule has 6 heteroatoms. The molecule has 6 nitrogen and oxygen atoms in total. The van der Waals surface area contributed by atoms with Gasteiger partial charge in [0.1, 0.15) is 0 Å². The van der Waals surface area contributed by atoms with E-state index < -0.39 is 4.92 Å². The van der Waals surface area contributed by atoms with Gasteiger partial charge in [-0.15, -0.1) is 6.58 Å². The Morgan fingerprint density at radius 1 is 1.55 bits per heavy atom. The van der Waals surface area contributed by atoms with Crippen LogP contribution >= 0.6 is 0 Å². The predicted octanol–water partition coefficient (Wildman–Crippen LogP) is 2.15. The molecule has 0 heterocycles. The van der Waals surface area contributed by atoms with Crippen molar-refractivity contribution < 1.29 is 14.5 Å². The first-order valence-electron chi connectivity index (χ1n) is 6.29. The first kappa shape index (κ1) is 15.8. The van der Waals surface area contributed by atoms with Gasteiger partial charge in [0, 0.05) is 25.2 Å². The highest BCUT2D eigenvalue weighted by atomic mass is 16.6. The second-order valence-electron chi connectivity index (χ2n) is 4.19. The molecule has 0 amide bonds. The molecular formula is C14H18N2O4. The van der Waals surface area contributed by atoms with E-state index in [0.29, 0.717) is 19.7 Å². The van der Waals surface area contributed by atoms with Gasteiger partial charge in [-0.05, 0) is 12.5 Å². The van der Waals surface area contributed by atoms with Gasteiger partial charge in [0.05, 0.1) is 18.1 Å². The quantitative estimate of drug-likeness (QED) is 0.315. The maximum Gasteiger partial charge on any atom is 0.320 e. The van der Waals surface area contributed by atoms with Gasteiger partial charge in [0.25, 0.3) is 5.69 Å². The van der Waals surface area contributed by atoms with E-state index in [4.69, 9.17) is 4.74 Å². The monoisotopic (exact) mass is 278 g/mol. The summed E-state index contributed by atoms with van der Waals surface area (Å²) in [7, 11) is 0. The molecule has 108 valence electrons. The minimum Gasteiger partial charge on any atom is -0.465 e. The summed E-state index contributed by atoms with van der Waals surface area (Å²) < 4.78 is 4.90. The number of carbonyl (C=O) groups is 1. The summed E-state index contributed by atoms with van der Waals surface area (Å²) >= 11 is 0. The third kappa shape index (κ3) is 5.19. The van der Waals surface area contributed by atoms with E-state index in [9.17, 15) is 14.9 Å². The minimum absolute atomic E-state index is 0.0391. The molecule has 0 saturated heterocycles. The fourth-order valence-electron chi connectivity index (χ4n) is 1.78. The Morgan fingerprint density at radius 3 is 2.90 bits per heavy atom. The molecule has 0 radical (unpaired) electrons. The van der Waals surface area contributed by atoms with Crippen LogP contribution in [0.5, 0.6) is 0 Å². The molecule has 0 fully saturated rings. The molecule has 0 atom stereocenters. The van der Waals surface area contributed by atoms with Crippen LogP contribution in [0.4, 0.5) is 5.69 Å². The number of nitro groups is 1. The minimum atomic E-state index is -0.438. The predicted molar refractivity (Wildman–Crippen MR) is 75.2 cm³/mol. The van der Waals surface area contributed by atoms with Gasteiger partial charge in [-0.1, -0.05) is 18.2 Å². The summed E-state index contributed by atoms with van der Waals surface area (Å²) in [4.78, 5) is 23.6. The Bertz CT molecular complexity index is 488. The molecule has 1 aromatic carbocycles. The normalized spacial score (nSPS) is 10.3. The fraction of sp³-hybridized carbons (Fsp3) is 0.357. The topological polar surface area (TPSA) is 72.7 Å². The summed E-state index contributed by atoms with van der Waals surface area (Å²) in [6.45, 7) is 6.77. The SMILES string of the molecule is C=CCN(CC(=O)OCC)Cc1cccc([N+](=O)[O-])c1. The van der Waals surface area contributed by atoms with Crippen LogP contribution in [0.2, 0.25) is 0 Å². The van der Waals surface area contributed by atoms with Gasteiger partial charge in [-0.2, -0.15) is 0 Å². The van der Waals surface area contributed by atoms with Crippen LogP contribution in [0.15, 0.2) is 36.9 Å². The Labute approximate surface area is 117 Å². The van der Waals surface area contributed by atoms with Crippen molar-refractivity contribution in [2.45, 2.75) is 13.5 Å². The summed E-state index contributed by atoms with van der Waals surface area (Å²) in [5, 5.41) is 10.7. The van der Waals surface area contributed by atoms with Crippen LogP contribution in [-0.2, 0) is 16.1 Å². The number of hydrogen-bond donors (Lipinski definition) is 0. The lowest BCUT2D eigenvalue weighted by Crippen LogP contribution is -2.30. The maximum absolute atomic E-state index is 11.5. The summed E-state index contributed by atoms with van der Waals surface area (Å²) in [5.74, 6) is -0.320. The first-order valence-corrected chi connectivity index (χ1v) is 6.29. The number of hydrogen-bond acceptors (Lipinski definition) is 5. The Kier molecular flexibility index (Phi) is 6.39. The van der Waals surface area contributed by atoms with Crippen molar-refractivity contribution in [3.05, 3.63) is 52.6 Å². The lowest BCUT2D eigenvalue weighted by Gasteiger charge is -2.19. The van der Waals surface area contributed by atoms with E-state index >= 15 is 0 Å². The standard InChI is InChI=1S/C14H18N2O4/c1-3-8-15(11-14(17)20-4-2)10-12-6-5-7-13(9-12)16(18)19/h3,5-7,9H,1,4,8,10-11H2,2H3. The average molecular weight is 278 g/mol. The van der Waals surface area contributed by atoms with Crippen LogP contribution in [0.1, 0.15) is 12.5 Å². The number of nitro benzene ring substituents is 1. The van der Waals surface area contributed by atoms with Gasteiger partial charge < -0.3 is 4.74 Å². The van der Waals surface area contributed by atoms with E-state index in [-0.39, 0.29) is 18.2 Å². The van der Waals surface area contributed by atoms with E-state index in [2.05, 4.69) is 6.58 Å². The highest BCUT2D eigenvalue weighted by molar-refractivity contribution is 5.71. The summed E-state index contributed by atoms with van der Waals surface area (Å²) in [6.07, 6.45) is 1.68. The zero-order valence-corrected chi connectivity index (χ0v) is 11.4. The second-order valence-corrected chi connectivity index (χ2v) is 4.19. The van der Waals surface area contributed by atoms with Crippen molar-refractivity contribution in [3.63, 3.8) is 0 Å². The van der Waals surface area contributed by atoms with Crippen molar-refractivity contribution >= 4 is 11.7 Å². The van der Waals surface area contributed by atoms with Crippen LogP contribution in [-0.4, -0.2) is 35.5 Å². The van der Waals surface area contributed by atoms with E-state index in [1.807, 2.05) is 4.90 Å². The molecule has 0 aliphatic heterocycles. The molecule has 0 aromatic heterocycles. The summed E-state index contributed by atoms with van der Waals surface area (Å²) in [5.41, 5.74) is 0.808. The second kappa shape index (κ2) is 8.06. The highest BCUT2D eigenvalue weighted by Crippen LogP contribution is 2.14. The Balaban J connectivity index is 2.74. The van der Waals surface area contributed by atoms with Crippen LogP contribution in [0.25, 0.3) is 0 Å². The molecule has 20 heavy (non-hydrogen) atoms. The Morgan fingerprint density at radius 2 is 2.30 bits per heavy atom. The van der Waals surface area contributed by atoms with Gasteiger partial charge in [0.2, 0.25) is 0 Å². The fourth-order valence-corrected chi connectivity index (χ4v) is 1.78. The third-order valence-electron chi connectivity index (χ3n) is 2.57. The number of nitrogens with zero attached hydrogens (tertiary/aromatic N) is 2. The zero-order chi connectivity index (χ0) is 15.0. The molecule has 0 N–H and O–H groups in total. The number of carbonyl (C=O) groups excluding carboxylic acids is 1. The number of ether oxygens (including phenoxy) is 1. The van der Waals surface area contributed by atoms with Gasteiger partial charge >= 0.3 is 5.97 Å². The van der Waals surface area contributed by atoms with Gasteiger partial charge in [0.15, 0.2) is 0 Å². The molecule has 0 spiro atoms. The van der Waals surface area contributed by atoms with Gasteiger partial charge in [-0.25, -0.2) is 0 Å². The highest BCUT2D eigenvalue weighted by Gasteiger charge is 2.12. The number of rotatable bonds is 8. The largest absolute Gasteiger partial charge is 0.465 e. The number of non-ortho nitro benzene ring substituents is 1. The average Bonchev–Trinajstić information content (AvgIpc) is 2.39. The van der Waals surface area contributed by atoms with E-state index in [1.54, 1.807) is 25.1 Å². The van der Waals surface area contributed by atoms with Crippen molar-refractivity contribution in [3.8, 4) is 0 Å². The van der Waals surface area contributed by atoms with Crippen molar-refractivity contribution in [1.29, 1.82) is 0 Å². The zero-order valence-electron chi connectivity index (χ0n) is 11.4. The third-order valence-corrected chi connectivity index (χ3v) is 2.57. The summed E-state index contributed by atoms with van der Waals surface area (Å²) in [6, 6.07) is 6.35. The molecule has 0 bridgehead atoms. The lowest BCUT2D eigenvalue weighted by molar-refractivity contribution is -0.384. The maximum atomic E-state index is 11.5. The van der Waals surface area contributed by atoms with Crippen molar-refractivity contribution in [2.75, 3.05) is 19.7 Å². The lowest BCUT2D eigenvalue weighted by atomic mass is 10.2. The number of esters is 1. The van der Waals surface area contributed by atoms with Crippen molar-refractivity contribution in [2.24, 2.45) is 0 Å². The van der Waals surface area contributed by atoms with Crippen LogP contribution in [0, 0.1) is 10.1 Å². The van der Waals surface area contributed by atoms with Crippen LogP contribution < -0.4 is 0 Å². The smallest absolute Gasteiger partial charge is 0.320 e. The first-order chi connectivity index (χ1) is 9.56. The molecule has 0 saturated carbocycles. The van der Waals surface area contributed by atoms with E-state index in [1.165, 1.54) is 12.1 Å². The van der Waals surface area contributed by atoms with Crippen molar-refractivity contribution in [1.82, 2.24) is 4.90 Å². The molecule has 0 unspecified atom stereocenters. The number of benzene rings is 1. The molecule has 1 rings (SSSR count).